The summed E-state index contributed by atoms with van der Waals surface area (Å²) in [4.78, 5) is 11.4. The lowest BCUT2D eigenvalue weighted by Gasteiger charge is -2.15. The third kappa shape index (κ3) is 2.43. The van der Waals surface area contributed by atoms with Gasteiger partial charge in [-0.15, -0.1) is 6.58 Å². The summed E-state index contributed by atoms with van der Waals surface area (Å²) in [6, 6.07) is 13.7. The number of hydrogen-bond acceptors (Lipinski definition) is 1. The highest BCUT2D eigenvalue weighted by Gasteiger charge is 2.21. The molecule has 2 aromatic rings. The molecule has 0 aliphatic heterocycles. The molecule has 0 heterocycles. The zero-order valence-electron chi connectivity index (χ0n) is 10.4. The van der Waals surface area contributed by atoms with Gasteiger partial charge in [-0.3, -0.25) is 4.79 Å². The third-order valence-electron chi connectivity index (χ3n) is 3.05. The van der Waals surface area contributed by atoms with Gasteiger partial charge in [0.1, 0.15) is 0 Å². The number of fused-ring (bicyclic) bond motifs is 1. The number of hydrogen-bond donors (Lipinski definition) is 1. The Morgan fingerprint density at radius 3 is 2.56 bits per heavy atom. The van der Waals surface area contributed by atoms with Crippen molar-refractivity contribution in [3.05, 3.63) is 60.2 Å². The van der Waals surface area contributed by atoms with E-state index in [1.165, 1.54) is 0 Å². The Hall–Kier alpha value is -2.09. The summed E-state index contributed by atoms with van der Waals surface area (Å²) in [5.41, 5.74) is 1.75. The fourth-order valence-electron chi connectivity index (χ4n) is 2.23. The summed E-state index contributed by atoms with van der Waals surface area (Å²) in [7, 11) is 0. The quantitative estimate of drug-likeness (QED) is 0.821. The van der Waals surface area contributed by atoms with Crippen LogP contribution in [0.5, 0.6) is 0 Å². The van der Waals surface area contributed by atoms with Gasteiger partial charge in [0.15, 0.2) is 0 Å². The third-order valence-corrected chi connectivity index (χ3v) is 3.05. The van der Waals surface area contributed by atoms with Gasteiger partial charge in [0.25, 0.3) is 0 Å². The van der Waals surface area contributed by atoms with Crippen LogP contribution in [0.4, 0.5) is 0 Å². The Balaban J connectivity index is 2.57. The van der Waals surface area contributed by atoms with E-state index in [4.69, 9.17) is 0 Å². The first-order chi connectivity index (χ1) is 8.59. The van der Waals surface area contributed by atoms with Crippen LogP contribution in [0.15, 0.2) is 54.6 Å². The molecule has 18 heavy (non-hydrogen) atoms. The smallest absolute Gasteiger partial charge is 0.311 e. The van der Waals surface area contributed by atoms with E-state index in [1.54, 1.807) is 0 Å². The second-order valence-electron chi connectivity index (χ2n) is 4.62. The Bertz CT molecular complexity index is 594. The van der Waals surface area contributed by atoms with Gasteiger partial charge in [0, 0.05) is 0 Å². The van der Waals surface area contributed by atoms with E-state index >= 15 is 0 Å². The second-order valence-corrected chi connectivity index (χ2v) is 4.62. The van der Waals surface area contributed by atoms with Gasteiger partial charge in [-0.1, -0.05) is 48.0 Å². The number of carboxylic acids is 1. The van der Waals surface area contributed by atoms with Crippen molar-refractivity contribution in [1.82, 2.24) is 0 Å². The van der Waals surface area contributed by atoms with Crippen molar-refractivity contribution in [3.63, 3.8) is 0 Å². The highest BCUT2D eigenvalue weighted by Crippen LogP contribution is 2.29. The Kier molecular flexibility index (Phi) is 3.47. The molecule has 1 atom stereocenters. The fraction of sp³-hybridized carbons (Fsp3) is 0.188. The maximum absolute atomic E-state index is 11.4. The molecule has 0 aliphatic rings. The number of allylic oxidation sites excluding steroid dienone is 1. The summed E-state index contributed by atoms with van der Waals surface area (Å²) in [5, 5.41) is 11.5. The van der Waals surface area contributed by atoms with Crippen LogP contribution in [0, 0.1) is 0 Å². The van der Waals surface area contributed by atoms with Gasteiger partial charge in [-0.25, -0.2) is 0 Å². The molecule has 0 bridgehead atoms. The number of aliphatic carboxylic acids is 1. The van der Waals surface area contributed by atoms with Crippen LogP contribution < -0.4 is 0 Å². The first-order valence-electron chi connectivity index (χ1n) is 5.94. The summed E-state index contributed by atoms with van der Waals surface area (Å²) < 4.78 is 0. The predicted molar refractivity (Wildman–Crippen MR) is 73.8 cm³/mol. The van der Waals surface area contributed by atoms with E-state index in [2.05, 4.69) is 6.58 Å². The first kappa shape index (κ1) is 12.4. The molecule has 0 saturated carbocycles. The van der Waals surface area contributed by atoms with Crippen molar-refractivity contribution in [2.45, 2.75) is 19.3 Å². The largest absolute Gasteiger partial charge is 0.481 e. The molecule has 0 aliphatic carbocycles. The summed E-state index contributed by atoms with van der Waals surface area (Å²) >= 11 is 0. The van der Waals surface area contributed by atoms with Gasteiger partial charge in [-0.05, 0) is 29.7 Å². The topological polar surface area (TPSA) is 37.3 Å². The molecular formula is C16H16O2. The van der Waals surface area contributed by atoms with E-state index in [1.807, 2.05) is 49.4 Å². The average Bonchev–Trinajstić information content (AvgIpc) is 2.35. The molecule has 2 aromatic carbocycles. The molecule has 0 radical (unpaired) electrons. The normalized spacial score (nSPS) is 12.3. The predicted octanol–water partition coefficient (Wildman–Crippen LogP) is 3.97. The SMILES string of the molecule is C=C(C)CC(C(=O)O)c1cccc2ccccc12. The van der Waals surface area contributed by atoms with Crippen molar-refractivity contribution in [2.24, 2.45) is 0 Å². The standard InChI is InChI=1S/C16H16O2/c1-11(2)10-15(16(17)18)14-9-5-7-12-6-3-4-8-13(12)14/h3-9,15H,1,10H2,2H3,(H,17,18). The van der Waals surface area contributed by atoms with Crippen LogP contribution in [0.3, 0.4) is 0 Å². The molecule has 0 fully saturated rings. The van der Waals surface area contributed by atoms with Gasteiger partial charge < -0.3 is 5.11 Å². The fourth-order valence-corrected chi connectivity index (χ4v) is 2.23. The van der Waals surface area contributed by atoms with Crippen LogP contribution in [-0.2, 0) is 4.79 Å². The minimum atomic E-state index is -0.797. The highest BCUT2D eigenvalue weighted by atomic mass is 16.4. The summed E-state index contributed by atoms with van der Waals surface area (Å²) in [6.07, 6.45) is 0.476. The van der Waals surface area contributed by atoms with Crippen molar-refractivity contribution < 1.29 is 9.90 Å². The minimum absolute atomic E-state index is 0.476. The van der Waals surface area contributed by atoms with Gasteiger partial charge in [0.2, 0.25) is 0 Å². The van der Waals surface area contributed by atoms with Crippen LogP contribution in [0.2, 0.25) is 0 Å². The first-order valence-corrected chi connectivity index (χ1v) is 5.94. The molecule has 2 nitrogen and oxygen atoms in total. The van der Waals surface area contributed by atoms with Crippen molar-refractivity contribution in [3.8, 4) is 0 Å². The van der Waals surface area contributed by atoms with Gasteiger partial charge >= 0.3 is 5.97 Å². The number of carbonyl (C=O) groups is 1. The molecule has 92 valence electrons. The molecule has 2 rings (SSSR count). The maximum atomic E-state index is 11.4. The van der Waals surface area contributed by atoms with E-state index < -0.39 is 11.9 Å². The monoisotopic (exact) mass is 240 g/mol. The zero-order chi connectivity index (χ0) is 13.1. The number of rotatable bonds is 4. The van der Waals surface area contributed by atoms with Crippen molar-refractivity contribution in [2.75, 3.05) is 0 Å². The molecule has 0 amide bonds. The molecule has 0 saturated heterocycles. The van der Waals surface area contributed by atoms with Gasteiger partial charge in [-0.2, -0.15) is 0 Å². The van der Waals surface area contributed by atoms with Crippen molar-refractivity contribution >= 4 is 16.7 Å². The van der Waals surface area contributed by atoms with Crippen molar-refractivity contribution in [1.29, 1.82) is 0 Å². The van der Waals surface area contributed by atoms with Gasteiger partial charge in [0.05, 0.1) is 5.92 Å². The Morgan fingerprint density at radius 1 is 1.22 bits per heavy atom. The Labute approximate surface area is 107 Å². The molecule has 0 spiro atoms. The second kappa shape index (κ2) is 5.05. The van der Waals surface area contributed by atoms with E-state index in [9.17, 15) is 9.90 Å². The highest BCUT2D eigenvalue weighted by molar-refractivity contribution is 5.90. The molecule has 0 aromatic heterocycles. The molecule has 1 N–H and O–H groups in total. The van der Waals surface area contributed by atoms with Crippen LogP contribution in [-0.4, -0.2) is 11.1 Å². The van der Waals surface area contributed by atoms with E-state index in [0.29, 0.717) is 6.42 Å². The molecule has 2 heteroatoms. The van der Waals surface area contributed by atoms with E-state index in [-0.39, 0.29) is 0 Å². The van der Waals surface area contributed by atoms with Crippen LogP contribution >= 0.6 is 0 Å². The van der Waals surface area contributed by atoms with E-state index in [0.717, 1.165) is 21.9 Å². The lowest BCUT2D eigenvalue weighted by atomic mass is 9.89. The average molecular weight is 240 g/mol. The molecule has 1 unspecified atom stereocenters. The number of benzene rings is 2. The number of carboxylic acid groups (broad SMARTS) is 1. The maximum Gasteiger partial charge on any atom is 0.311 e. The summed E-state index contributed by atoms with van der Waals surface area (Å²) in [5.74, 6) is -1.32. The summed E-state index contributed by atoms with van der Waals surface area (Å²) in [6.45, 7) is 5.68. The van der Waals surface area contributed by atoms with Crippen LogP contribution in [0.25, 0.3) is 10.8 Å². The minimum Gasteiger partial charge on any atom is -0.481 e. The van der Waals surface area contributed by atoms with Crippen LogP contribution in [0.1, 0.15) is 24.8 Å². The lowest BCUT2D eigenvalue weighted by Crippen LogP contribution is -2.12. The zero-order valence-corrected chi connectivity index (χ0v) is 10.4. The Morgan fingerprint density at radius 2 is 1.89 bits per heavy atom. The molecular weight excluding hydrogens is 224 g/mol. The lowest BCUT2D eigenvalue weighted by molar-refractivity contribution is -0.138.